The number of carbonyl (C=O) groups is 3. The maximum Gasteiger partial charge on any atom is 0.223 e. The Hall–Kier alpha value is -2.50. The van der Waals surface area contributed by atoms with Crippen LogP contribution in [0.4, 0.5) is 0 Å². The Morgan fingerprint density at radius 3 is 2.76 bits per heavy atom. The molecule has 1 aromatic rings. The predicted molar refractivity (Wildman–Crippen MR) is 120 cm³/mol. The molecule has 33 heavy (non-hydrogen) atoms. The molecule has 0 radical (unpaired) electrons. The van der Waals surface area contributed by atoms with Crippen molar-refractivity contribution in [3.05, 3.63) is 41.8 Å². The number of nitrogens with zero attached hydrogens (tertiary/aromatic N) is 1. The van der Waals surface area contributed by atoms with E-state index in [-0.39, 0.29) is 35.2 Å². The molecule has 0 saturated heterocycles. The van der Waals surface area contributed by atoms with E-state index in [2.05, 4.69) is 16.5 Å². The van der Waals surface area contributed by atoms with E-state index in [1.54, 1.807) is 18.3 Å². The normalized spacial score (nSPS) is 39.6. The van der Waals surface area contributed by atoms with Gasteiger partial charge < -0.3 is 9.84 Å². The number of aromatic nitrogens is 1. The number of rotatable bonds is 3. The van der Waals surface area contributed by atoms with Crippen LogP contribution < -0.4 is 5.32 Å². The lowest BCUT2D eigenvalue weighted by molar-refractivity contribution is -0.135. The summed E-state index contributed by atoms with van der Waals surface area (Å²) in [6, 6.07) is 1.76. The van der Waals surface area contributed by atoms with Crippen molar-refractivity contribution < 1.29 is 18.9 Å². The van der Waals surface area contributed by atoms with E-state index in [9.17, 15) is 14.4 Å². The molecule has 8 unspecified atom stereocenters. The average molecular weight is 449 g/mol. The zero-order valence-corrected chi connectivity index (χ0v) is 18.9. The van der Waals surface area contributed by atoms with Gasteiger partial charge in [0.1, 0.15) is 0 Å². The summed E-state index contributed by atoms with van der Waals surface area (Å²) in [6.07, 6.45) is 15.2. The Morgan fingerprint density at radius 1 is 1.06 bits per heavy atom. The van der Waals surface area contributed by atoms with Crippen LogP contribution in [0, 0.1) is 47.3 Å². The Labute approximate surface area is 194 Å². The summed E-state index contributed by atoms with van der Waals surface area (Å²) in [5.74, 6) is 3.66. The Balaban J connectivity index is 1.20. The van der Waals surface area contributed by atoms with Crippen molar-refractivity contribution in [2.75, 3.05) is 0 Å². The molecule has 3 saturated carbocycles. The molecule has 1 heterocycles. The fourth-order valence-corrected chi connectivity index (χ4v) is 7.95. The highest BCUT2D eigenvalue weighted by Gasteiger charge is 2.52. The minimum atomic E-state index is -0.0332. The van der Waals surface area contributed by atoms with Crippen molar-refractivity contribution in [2.24, 2.45) is 47.3 Å². The number of amides is 1. The highest BCUT2D eigenvalue weighted by molar-refractivity contribution is 5.95. The van der Waals surface area contributed by atoms with E-state index in [0.717, 1.165) is 38.5 Å². The largest absolute Gasteiger partial charge is 0.360 e. The monoisotopic (exact) mass is 448 g/mol. The third-order valence-electron chi connectivity index (χ3n) is 9.42. The Morgan fingerprint density at radius 2 is 1.91 bits per heavy atom. The molecular formula is C27H32N2O4. The molecule has 8 atom stereocenters. The molecule has 6 heteroatoms. The van der Waals surface area contributed by atoms with E-state index in [1.165, 1.54) is 12.0 Å². The summed E-state index contributed by atoms with van der Waals surface area (Å²) in [6.45, 7) is 0.362. The van der Waals surface area contributed by atoms with Gasteiger partial charge in [0.05, 0.1) is 12.7 Å². The Kier molecular flexibility index (Phi) is 5.34. The second kappa shape index (κ2) is 8.37. The summed E-state index contributed by atoms with van der Waals surface area (Å²) >= 11 is 0. The number of hydrogen-bond acceptors (Lipinski definition) is 5. The molecular weight excluding hydrogens is 416 g/mol. The summed E-state index contributed by atoms with van der Waals surface area (Å²) in [5.41, 5.74) is 1.30. The minimum absolute atomic E-state index is 0.0332. The van der Waals surface area contributed by atoms with Crippen molar-refractivity contribution in [1.82, 2.24) is 10.5 Å². The lowest BCUT2D eigenvalue weighted by Crippen LogP contribution is -2.50. The van der Waals surface area contributed by atoms with Gasteiger partial charge in [-0.15, -0.1) is 0 Å². The first-order valence-electron chi connectivity index (χ1n) is 12.7. The van der Waals surface area contributed by atoms with Gasteiger partial charge in [-0.1, -0.05) is 16.8 Å². The van der Waals surface area contributed by atoms with E-state index in [4.69, 9.17) is 4.52 Å². The first kappa shape index (κ1) is 21.1. The minimum Gasteiger partial charge on any atom is -0.360 e. The summed E-state index contributed by atoms with van der Waals surface area (Å²) in [5, 5.41) is 6.70. The zero-order chi connectivity index (χ0) is 22.5. The van der Waals surface area contributed by atoms with Gasteiger partial charge in [0.2, 0.25) is 5.91 Å². The van der Waals surface area contributed by atoms with Crippen LogP contribution in [0.25, 0.3) is 0 Å². The molecule has 5 aliphatic rings. The summed E-state index contributed by atoms with van der Waals surface area (Å²) < 4.78 is 5.10. The van der Waals surface area contributed by atoms with Gasteiger partial charge in [0.15, 0.2) is 17.3 Å². The molecule has 0 aliphatic heterocycles. The third-order valence-corrected chi connectivity index (χ3v) is 9.42. The van der Waals surface area contributed by atoms with Crippen LogP contribution in [0.3, 0.4) is 0 Å². The van der Waals surface area contributed by atoms with Crippen LogP contribution in [0.5, 0.6) is 0 Å². The fraction of sp³-hybridized carbons (Fsp3) is 0.630. The van der Waals surface area contributed by atoms with Crippen molar-refractivity contribution in [2.45, 2.75) is 57.9 Å². The van der Waals surface area contributed by atoms with Crippen LogP contribution >= 0.6 is 0 Å². The van der Waals surface area contributed by atoms with Gasteiger partial charge in [0.25, 0.3) is 0 Å². The third kappa shape index (κ3) is 3.71. The van der Waals surface area contributed by atoms with Crippen LogP contribution in [0.2, 0.25) is 0 Å². The summed E-state index contributed by atoms with van der Waals surface area (Å²) in [7, 11) is 0. The van der Waals surface area contributed by atoms with Crippen molar-refractivity contribution in [3.63, 3.8) is 0 Å². The van der Waals surface area contributed by atoms with Crippen LogP contribution in [-0.2, 0) is 20.9 Å². The number of ketones is 2. The lowest BCUT2D eigenvalue weighted by Gasteiger charge is -2.53. The molecule has 3 fully saturated rings. The summed E-state index contributed by atoms with van der Waals surface area (Å²) in [4.78, 5) is 38.4. The molecule has 6 nitrogen and oxygen atoms in total. The maximum atomic E-state index is 13.5. The number of hydrogen-bond donors (Lipinski definition) is 1. The number of allylic oxidation sites excluding steroid dienone is 4. The topological polar surface area (TPSA) is 89.3 Å². The zero-order valence-electron chi connectivity index (χ0n) is 18.9. The quantitative estimate of drug-likeness (QED) is 0.754. The van der Waals surface area contributed by atoms with Crippen LogP contribution in [0.15, 0.2) is 40.6 Å². The highest BCUT2D eigenvalue weighted by atomic mass is 16.5. The van der Waals surface area contributed by atoms with E-state index >= 15 is 0 Å². The van der Waals surface area contributed by atoms with Gasteiger partial charge in [0, 0.05) is 30.2 Å². The second-order valence-corrected chi connectivity index (χ2v) is 10.9. The van der Waals surface area contributed by atoms with Gasteiger partial charge in [-0.25, -0.2) is 0 Å². The van der Waals surface area contributed by atoms with Gasteiger partial charge in [-0.3, -0.25) is 14.4 Å². The first-order chi connectivity index (χ1) is 16.1. The predicted octanol–water partition coefficient (Wildman–Crippen LogP) is 4.03. The van der Waals surface area contributed by atoms with E-state index in [1.807, 2.05) is 6.08 Å². The number of carbonyl (C=O) groups excluding carboxylic acids is 3. The maximum absolute atomic E-state index is 13.5. The smallest absolute Gasteiger partial charge is 0.223 e. The van der Waals surface area contributed by atoms with Gasteiger partial charge in [-0.2, -0.15) is 0 Å². The van der Waals surface area contributed by atoms with Crippen LogP contribution in [0.1, 0.15) is 57.1 Å². The SMILES string of the molecule is O=C1C=CC2C3=CC(=O)C4C5CC(C(=O)NCc6ccno6)CCC5CCC4C3CCC2C1. The lowest BCUT2D eigenvalue weighted by atomic mass is 9.50. The van der Waals surface area contributed by atoms with Crippen molar-refractivity contribution >= 4 is 17.5 Å². The molecule has 0 bridgehead atoms. The van der Waals surface area contributed by atoms with Crippen molar-refractivity contribution in [3.8, 4) is 0 Å². The molecule has 1 N–H and O–H groups in total. The van der Waals surface area contributed by atoms with E-state index in [0.29, 0.717) is 48.3 Å². The fourth-order valence-electron chi connectivity index (χ4n) is 7.95. The first-order valence-corrected chi connectivity index (χ1v) is 12.7. The van der Waals surface area contributed by atoms with E-state index < -0.39 is 0 Å². The highest BCUT2D eigenvalue weighted by Crippen LogP contribution is 2.57. The standard InChI is InChI=1S/C27H32N2O4/c30-18-5-8-20-16(11-18)4-6-21-22-7-3-15-1-2-17(27(32)28-14-19-9-10-29-33-19)12-23(15)26(22)25(31)13-24(20)21/h5,8-10,13,15-17,20-23,26H,1-4,6-7,11-12,14H2,(H,28,32). The Bertz CT molecular complexity index is 1010. The molecule has 0 aromatic carbocycles. The molecule has 174 valence electrons. The molecule has 0 spiro atoms. The number of fused-ring (bicyclic) bond motifs is 7. The molecule has 5 aliphatic carbocycles. The number of nitrogens with one attached hydrogen (secondary N) is 1. The molecule has 1 aromatic heterocycles. The van der Waals surface area contributed by atoms with Gasteiger partial charge in [-0.05, 0) is 86.7 Å². The average Bonchev–Trinajstić information content (AvgIpc) is 3.35. The van der Waals surface area contributed by atoms with Crippen LogP contribution in [-0.4, -0.2) is 22.6 Å². The molecule has 1 amide bonds. The van der Waals surface area contributed by atoms with Gasteiger partial charge >= 0.3 is 0 Å². The van der Waals surface area contributed by atoms with Crippen molar-refractivity contribution in [1.29, 1.82) is 0 Å². The second-order valence-electron chi connectivity index (χ2n) is 10.9. The molecule has 6 rings (SSSR count).